The van der Waals surface area contributed by atoms with Gasteiger partial charge in [0.2, 0.25) is 6.79 Å². The second kappa shape index (κ2) is 7.14. The molecule has 1 N–H and O–H groups in total. The first-order chi connectivity index (χ1) is 12.8. The summed E-state index contributed by atoms with van der Waals surface area (Å²) >= 11 is 0. The van der Waals surface area contributed by atoms with E-state index >= 15 is 0 Å². The van der Waals surface area contributed by atoms with E-state index in [-0.39, 0.29) is 19.3 Å². The number of hydrogen-bond acceptors (Lipinski definition) is 5. The zero-order chi connectivity index (χ0) is 17.8. The molecule has 1 amide bonds. The van der Waals surface area contributed by atoms with Crippen molar-refractivity contribution in [2.24, 2.45) is 5.10 Å². The molecule has 130 valence electrons. The lowest BCUT2D eigenvalue weighted by atomic mass is 10.1. The summed E-state index contributed by atoms with van der Waals surface area (Å²) in [5.74, 6) is 1.70. The van der Waals surface area contributed by atoms with E-state index in [9.17, 15) is 4.79 Å². The second-order valence-corrected chi connectivity index (χ2v) is 5.67. The number of benzene rings is 3. The van der Waals surface area contributed by atoms with Gasteiger partial charge in [0.15, 0.2) is 18.1 Å². The SMILES string of the molecule is O=C(COc1cccc2ccccc12)N/N=C\c1ccc2c(c1)OCO2. The number of nitrogens with one attached hydrogen (secondary N) is 1. The third-order valence-corrected chi connectivity index (χ3v) is 3.91. The van der Waals surface area contributed by atoms with Crippen molar-refractivity contribution >= 4 is 22.9 Å². The van der Waals surface area contributed by atoms with Crippen LogP contribution >= 0.6 is 0 Å². The molecule has 1 aliphatic heterocycles. The minimum absolute atomic E-state index is 0.119. The van der Waals surface area contributed by atoms with Crippen LogP contribution in [-0.2, 0) is 4.79 Å². The molecule has 0 unspecified atom stereocenters. The molecular weight excluding hydrogens is 332 g/mol. The largest absolute Gasteiger partial charge is 0.483 e. The van der Waals surface area contributed by atoms with Crippen LogP contribution in [0.15, 0.2) is 65.8 Å². The van der Waals surface area contributed by atoms with E-state index in [1.807, 2.05) is 48.5 Å². The summed E-state index contributed by atoms with van der Waals surface area (Å²) in [6.45, 7) is 0.102. The van der Waals surface area contributed by atoms with Crippen molar-refractivity contribution in [3.8, 4) is 17.2 Å². The maximum atomic E-state index is 11.9. The Morgan fingerprint density at radius 1 is 1.08 bits per heavy atom. The number of ether oxygens (including phenoxy) is 3. The Labute approximate surface area is 150 Å². The van der Waals surface area contributed by atoms with Gasteiger partial charge in [-0.25, -0.2) is 5.43 Å². The minimum atomic E-state index is -0.338. The van der Waals surface area contributed by atoms with Gasteiger partial charge in [0, 0.05) is 5.39 Å². The molecule has 6 heteroatoms. The first-order valence-electron chi connectivity index (χ1n) is 8.12. The van der Waals surface area contributed by atoms with E-state index in [0.29, 0.717) is 17.2 Å². The summed E-state index contributed by atoms with van der Waals surface area (Å²) in [7, 11) is 0. The molecule has 3 aromatic rings. The predicted molar refractivity (Wildman–Crippen MR) is 97.7 cm³/mol. The first kappa shape index (κ1) is 16.0. The molecule has 0 bridgehead atoms. The number of fused-ring (bicyclic) bond motifs is 2. The maximum Gasteiger partial charge on any atom is 0.277 e. The molecule has 0 radical (unpaired) electrons. The molecular formula is C20H16N2O4. The molecule has 3 aromatic carbocycles. The van der Waals surface area contributed by atoms with Crippen molar-refractivity contribution in [3.63, 3.8) is 0 Å². The van der Waals surface area contributed by atoms with Gasteiger partial charge in [-0.15, -0.1) is 0 Å². The highest BCUT2D eigenvalue weighted by molar-refractivity contribution is 5.89. The summed E-state index contributed by atoms with van der Waals surface area (Å²) < 4.78 is 16.2. The van der Waals surface area contributed by atoms with Crippen LogP contribution in [0.2, 0.25) is 0 Å². The van der Waals surface area contributed by atoms with Crippen LogP contribution in [0.1, 0.15) is 5.56 Å². The molecule has 0 aliphatic carbocycles. The van der Waals surface area contributed by atoms with E-state index in [1.54, 1.807) is 12.1 Å². The normalized spacial score (nSPS) is 12.5. The van der Waals surface area contributed by atoms with Crippen LogP contribution < -0.4 is 19.6 Å². The lowest BCUT2D eigenvalue weighted by molar-refractivity contribution is -0.123. The molecule has 0 aromatic heterocycles. The van der Waals surface area contributed by atoms with E-state index in [0.717, 1.165) is 16.3 Å². The van der Waals surface area contributed by atoms with Gasteiger partial charge in [-0.05, 0) is 35.2 Å². The third-order valence-electron chi connectivity index (χ3n) is 3.91. The summed E-state index contributed by atoms with van der Waals surface area (Å²) in [5.41, 5.74) is 3.25. The smallest absolute Gasteiger partial charge is 0.277 e. The van der Waals surface area contributed by atoms with E-state index in [2.05, 4.69) is 10.5 Å². The Kier molecular flexibility index (Phi) is 4.38. The van der Waals surface area contributed by atoms with Crippen LogP contribution in [0, 0.1) is 0 Å². The number of carbonyl (C=O) groups excluding carboxylic acids is 1. The highest BCUT2D eigenvalue weighted by Crippen LogP contribution is 2.32. The molecule has 0 fully saturated rings. The van der Waals surface area contributed by atoms with Crippen molar-refractivity contribution in [2.75, 3.05) is 13.4 Å². The average molecular weight is 348 g/mol. The monoisotopic (exact) mass is 348 g/mol. The van der Waals surface area contributed by atoms with Crippen molar-refractivity contribution in [2.45, 2.75) is 0 Å². The standard InChI is InChI=1S/C20H16N2O4/c23-20(12-24-17-7-3-5-15-4-1-2-6-16(15)17)22-21-11-14-8-9-18-19(10-14)26-13-25-18/h1-11H,12-13H2,(H,22,23)/b21-11-. The maximum absolute atomic E-state index is 11.9. The van der Waals surface area contributed by atoms with Crippen LogP contribution in [0.3, 0.4) is 0 Å². The van der Waals surface area contributed by atoms with Crippen molar-refractivity contribution in [3.05, 3.63) is 66.2 Å². The fourth-order valence-electron chi connectivity index (χ4n) is 2.67. The van der Waals surface area contributed by atoms with Crippen molar-refractivity contribution in [1.82, 2.24) is 5.43 Å². The van der Waals surface area contributed by atoms with Crippen LogP contribution in [0.5, 0.6) is 17.2 Å². The number of rotatable bonds is 5. The summed E-state index contributed by atoms with van der Waals surface area (Å²) in [6.07, 6.45) is 1.54. The van der Waals surface area contributed by atoms with Gasteiger partial charge >= 0.3 is 0 Å². The Morgan fingerprint density at radius 3 is 2.88 bits per heavy atom. The average Bonchev–Trinajstić information content (AvgIpc) is 3.14. The Balaban J connectivity index is 1.34. The highest BCUT2D eigenvalue weighted by Gasteiger charge is 2.12. The lowest BCUT2D eigenvalue weighted by Crippen LogP contribution is -2.24. The number of hydrogen-bond donors (Lipinski definition) is 1. The zero-order valence-electron chi connectivity index (χ0n) is 13.8. The summed E-state index contributed by atoms with van der Waals surface area (Å²) in [6, 6.07) is 19.0. The molecule has 26 heavy (non-hydrogen) atoms. The van der Waals surface area contributed by atoms with E-state index in [1.165, 1.54) is 6.21 Å². The molecule has 0 spiro atoms. The third kappa shape index (κ3) is 3.44. The van der Waals surface area contributed by atoms with E-state index < -0.39 is 0 Å². The number of nitrogens with zero attached hydrogens (tertiary/aromatic N) is 1. The van der Waals surface area contributed by atoms with Gasteiger partial charge in [0.05, 0.1) is 6.21 Å². The quantitative estimate of drug-likeness (QED) is 0.568. The highest BCUT2D eigenvalue weighted by atomic mass is 16.7. The zero-order valence-corrected chi connectivity index (χ0v) is 13.8. The van der Waals surface area contributed by atoms with Crippen molar-refractivity contribution < 1.29 is 19.0 Å². The molecule has 1 aliphatic rings. The Bertz CT molecular complexity index is 979. The number of carbonyl (C=O) groups is 1. The lowest BCUT2D eigenvalue weighted by Gasteiger charge is -2.08. The minimum Gasteiger partial charge on any atom is -0.483 e. The molecule has 6 nitrogen and oxygen atoms in total. The Hall–Kier alpha value is -3.54. The van der Waals surface area contributed by atoms with Gasteiger partial charge < -0.3 is 14.2 Å². The fourth-order valence-corrected chi connectivity index (χ4v) is 2.67. The molecule has 1 heterocycles. The summed E-state index contributed by atoms with van der Waals surface area (Å²) in [4.78, 5) is 11.9. The van der Waals surface area contributed by atoms with Gasteiger partial charge in [-0.2, -0.15) is 5.10 Å². The fraction of sp³-hybridized carbons (Fsp3) is 0.100. The van der Waals surface area contributed by atoms with Crippen LogP contribution in [0.25, 0.3) is 10.8 Å². The first-order valence-corrected chi connectivity index (χ1v) is 8.12. The molecule has 0 saturated heterocycles. The van der Waals surface area contributed by atoms with E-state index in [4.69, 9.17) is 14.2 Å². The second-order valence-electron chi connectivity index (χ2n) is 5.67. The van der Waals surface area contributed by atoms with Gasteiger partial charge in [-0.3, -0.25) is 4.79 Å². The van der Waals surface area contributed by atoms with Crippen LogP contribution in [0.4, 0.5) is 0 Å². The molecule has 0 saturated carbocycles. The number of hydrazone groups is 1. The molecule has 4 rings (SSSR count). The topological polar surface area (TPSA) is 69.2 Å². The number of amides is 1. The van der Waals surface area contributed by atoms with Crippen LogP contribution in [-0.4, -0.2) is 25.5 Å². The van der Waals surface area contributed by atoms with Crippen molar-refractivity contribution in [1.29, 1.82) is 0 Å². The Morgan fingerprint density at radius 2 is 1.92 bits per heavy atom. The van der Waals surface area contributed by atoms with Gasteiger partial charge in [0.25, 0.3) is 5.91 Å². The summed E-state index contributed by atoms with van der Waals surface area (Å²) in [5, 5.41) is 5.97. The van der Waals surface area contributed by atoms with Gasteiger partial charge in [-0.1, -0.05) is 36.4 Å². The molecule has 0 atom stereocenters. The predicted octanol–water partition coefficient (Wildman–Crippen LogP) is 3.10. The van der Waals surface area contributed by atoms with Gasteiger partial charge in [0.1, 0.15) is 5.75 Å².